The second-order valence-corrected chi connectivity index (χ2v) is 4.28. The molecule has 3 nitrogen and oxygen atoms in total. The first-order chi connectivity index (χ1) is 6.19. The van der Waals surface area contributed by atoms with Crippen molar-refractivity contribution in [1.82, 2.24) is 4.98 Å². The van der Waals surface area contributed by atoms with E-state index in [4.69, 9.17) is 5.73 Å². The molecule has 0 unspecified atom stereocenters. The highest BCUT2D eigenvalue weighted by Gasteiger charge is 2.09. The van der Waals surface area contributed by atoms with Crippen molar-refractivity contribution in [3.63, 3.8) is 0 Å². The largest absolute Gasteiger partial charge is 0.354 e. The van der Waals surface area contributed by atoms with E-state index in [-0.39, 0.29) is 0 Å². The molecule has 1 rings (SSSR count). The number of rotatable bonds is 4. The Hall–Kier alpha value is -0.610. The molecule has 4 heteroatoms. The van der Waals surface area contributed by atoms with E-state index in [2.05, 4.69) is 11.9 Å². The molecule has 0 saturated heterocycles. The number of aromatic nitrogens is 1. The lowest BCUT2D eigenvalue weighted by Gasteiger charge is -2.05. The van der Waals surface area contributed by atoms with Crippen LogP contribution in [0.15, 0.2) is 0 Å². The molecule has 1 aromatic heterocycles. The van der Waals surface area contributed by atoms with E-state index in [1.165, 1.54) is 10.6 Å². The van der Waals surface area contributed by atoms with Crippen molar-refractivity contribution in [2.45, 2.75) is 26.3 Å². The van der Waals surface area contributed by atoms with Gasteiger partial charge < -0.3 is 10.6 Å². The average molecular weight is 199 g/mol. The number of hydrogen-bond acceptors (Lipinski definition) is 4. The molecule has 0 spiro atoms. The fraction of sp³-hybridized carbons (Fsp3) is 0.667. The van der Waals surface area contributed by atoms with E-state index in [1.54, 1.807) is 11.3 Å². The zero-order valence-corrected chi connectivity index (χ0v) is 9.32. The van der Waals surface area contributed by atoms with E-state index >= 15 is 0 Å². The molecule has 2 N–H and O–H groups in total. The third-order valence-electron chi connectivity index (χ3n) is 1.82. The van der Waals surface area contributed by atoms with Gasteiger partial charge >= 0.3 is 0 Å². The molecule has 74 valence electrons. The second-order valence-electron chi connectivity index (χ2n) is 3.21. The summed E-state index contributed by atoms with van der Waals surface area (Å²) >= 11 is 1.70. The van der Waals surface area contributed by atoms with E-state index in [0.717, 1.165) is 18.0 Å². The summed E-state index contributed by atoms with van der Waals surface area (Å²) in [5.41, 5.74) is 6.83. The first-order valence-electron chi connectivity index (χ1n) is 4.55. The zero-order chi connectivity index (χ0) is 9.84. The van der Waals surface area contributed by atoms with E-state index < -0.39 is 0 Å². The Morgan fingerprint density at radius 3 is 2.62 bits per heavy atom. The Morgan fingerprint density at radius 1 is 1.46 bits per heavy atom. The summed E-state index contributed by atoms with van der Waals surface area (Å²) in [6.07, 6.45) is 2.17. The molecule has 0 fully saturated rings. The van der Waals surface area contributed by atoms with Crippen molar-refractivity contribution < 1.29 is 0 Å². The van der Waals surface area contributed by atoms with Gasteiger partial charge in [0.2, 0.25) is 0 Å². The standard InChI is InChI=1S/C9H17N3S/c1-4-5-7-8(6-10)13-9(11-7)12(2)3/h4-6,10H2,1-3H3. The molecule has 0 saturated carbocycles. The zero-order valence-electron chi connectivity index (χ0n) is 8.50. The highest BCUT2D eigenvalue weighted by atomic mass is 32.1. The summed E-state index contributed by atoms with van der Waals surface area (Å²) in [4.78, 5) is 7.79. The maximum Gasteiger partial charge on any atom is 0.185 e. The number of thiazole rings is 1. The van der Waals surface area contributed by atoms with Gasteiger partial charge in [0.05, 0.1) is 5.69 Å². The number of anilines is 1. The van der Waals surface area contributed by atoms with Crippen LogP contribution in [-0.4, -0.2) is 19.1 Å². The van der Waals surface area contributed by atoms with Crippen LogP contribution in [0.1, 0.15) is 23.9 Å². The van der Waals surface area contributed by atoms with Gasteiger partial charge in [-0.15, -0.1) is 11.3 Å². The Bertz CT molecular complexity index is 268. The Labute approximate surface area is 83.6 Å². The molecule has 0 aliphatic rings. The molecule has 13 heavy (non-hydrogen) atoms. The molecule has 0 aliphatic carbocycles. The van der Waals surface area contributed by atoms with Gasteiger partial charge in [-0.1, -0.05) is 13.3 Å². The van der Waals surface area contributed by atoms with Crippen LogP contribution in [0.3, 0.4) is 0 Å². The van der Waals surface area contributed by atoms with Gasteiger partial charge in [-0.3, -0.25) is 0 Å². The van der Waals surface area contributed by atoms with Crippen molar-refractivity contribution in [2.75, 3.05) is 19.0 Å². The molecule has 0 bridgehead atoms. The summed E-state index contributed by atoms with van der Waals surface area (Å²) in [7, 11) is 4.02. The van der Waals surface area contributed by atoms with Gasteiger partial charge in [0.1, 0.15) is 0 Å². The van der Waals surface area contributed by atoms with Crippen LogP contribution in [0.5, 0.6) is 0 Å². The normalized spacial score (nSPS) is 10.5. The lowest BCUT2D eigenvalue weighted by Crippen LogP contribution is -2.07. The first kappa shape index (κ1) is 10.5. The van der Waals surface area contributed by atoms with Crippen LogP contribution >= 0.6 is 11.3 Å². The molecule has 0 amide bonds. The number of aryl methyl sites for hydroxylation is 1. The third kappa shape index (κ3) is 2.42. The summed E-state index contributed by atoms with van der Waals surface area (Å²) in [6.45, 7) is 2.77. The Morgan fingerprint density at radius 2 is 2.15 bits per heavy atom. The van der Waals surface area contributed by atoms with Gasteiger partial charge in [0.25, 0.3) is 0 Å². The summed E-state index contributed by atoms with van der Waals surface area (Å²) in [5, 5.41) is 1.06. The van der Waals surface area contributed by atoms with Crippen LogP contribution in [0, 0.1) is 0 Å². The molecule has 0 radical (unpaired) electrons. The lowest BCUT2D eigenvalue weighted by atomic mass is 10.2. The highest BCUT2D eigenvalue weighted by Crippen LogP contribution is 2.25. The van der Waals surface area contributed by atoms with Gasteiger partial charge in [-0.25, -0.2) is 4.98 Å². The minimum atomic E-state index is 0.612. The molecule has 1 aromatic rings. The van der Waals surface area contributed by atoms with E-state index in [9.17, 15) is 0 Å². The Balaban J connectivity index is 2.90. The number of nitrogens with two attached hydrogens (primary N) is 1. The van der Waals surface area contributed by atoms with E-state index in [1.807, 2.05) is 19.0 Å². The van der Waals surface area contributed by atoms with Crippen molar-refractivity contribution in [2.24, 2.45) is 5.73 Å². The van der Waals surface area contributed by atoms with Crippen molar-refractivity contribution in [3.8, 4) is 0 Å². The predicted octanol–water partition coefficient (Wildman–Crippen LogP) is 1.62. The van der Waals surface area contributed by atoms with Crippen molar-refractivity contribution >= 4 is 16.5 Å². The van der Waals surface area contributed by atoms with Crippen molar-refractivity contribution in [1.29, 1.82) is 0 Å². The summed E-state index contributed by atoms with van der Waals surface area (Å²) < 4.78 is 0. The molecule has 0 atom stereocenters. The maximum absolute atomic E-state index is 5.65. The molecular weight excluding hydrogens is 182 g/mol. The third-order valence-corrected chi connectivity index (χ3v) is 3.11. The monoisotopic (exact) mass is 199 g/mol. The predicted molar refractivity (Wildman–Crippen MR) is 58.3 cm³/mol. The topological polar surface area (TPSA) is 42.2 Å². The number of nitrogens with zero attached hydrogens (tertiary/aromatic N) is 2. The SMILES string of the molecule is CCCc1nc(N(C)C)sc1CN. The van der Waals surface area contributed by atoms with Crippen molar-refractivity contribution in [3.05, 3.63) is 10.6 Å². The van der Waals surface area contributed by atoms with Gasteiger partial charge in [0, 0.05) is 25.5 Å². The smallest absolute Gasteiger partial charge is 0.185 e. The van der Waals surface area contributed by atoms with Crippen LogP contribution in [0.25, 0.3) is 0 Å². The minimum Gasteiger partial charge on any atom is -0.354 e. The molecule has 0 aromatic carbocycles. The van der Waals surface area contributed by atoms with Gasteiger partial charge in [0.15, 0.2) is 5.13 Å². The minimum absolute atomic E-state index is 0.612. The van der Waals surface area contributed by atoms with Crippen LogP contribution in [0.2, 0.25) is 0 Å². The molecule has 0 aliphatic heterocycles. The fourth-order valence-electron chi connectivity index (χ4n) is 1.15. The highest BCUT2D eigenvalue weighted by molar-refractivity contribution is 7.15. The number of hydrogen-bond donors (Lipinski definition) is 1. The molecular formula is C9H17N3S. The summed E-state index contributed by atoms with van der Waals surface area (Å²) in [6, 6.07) is 0. The Kier molecular flexibility index (Phi) is 3.69. The average Bonchev–Trinajstić information content (AvgIpc) is 2.48. The maximum atomic E-state index is 5.65. The second kappa shape index (κ2) is 4.58. The van der Waals surface area contributed by atoms with Crippen LogP contribution < -0.4 is 10.6 Å². The van der Waals surface area contributed by atoms with Gasteiger partial charge in [-0.2, -0.15) is 0 Å². The first-order valence-corrected chi connectivity index (χ1v) is 5.36. The lowest BCUT2D eigenvalue weighted by molar-refractivity contribution is 0.867. The van der Waals surface area contributed by atoms with E-state index in [0.29, 0.717) is 6.54 Å². The fourth-order valence-corrected chi connectivity index (χ4v) is 2.06. The summed E-state index contributed by atoms with van der Waals surface area (Å²) in [5.74, 6) is 0. The van der Waals surface area contributed by atoms with Gasteiger partial charge in [-0.05, 0) is 6.42 Å². The quantitative estimate of drug-likeness (QED) is 0.801. The van der Waals surface area contributed by atoms with Crippen LogP contribution in [0.4, 0.5) is 5.13 Å². The van der Waals surface area contributed by atoms with Crippen LogP contribution in [-0.2, 0) is 13.0 Å². The molecule has 1 heterocycles.